The highest BCUT2D eigenvalue weighted by molar-refractivity contribution is 5.92. The number of aryl methyl sites for hydroxylation is 1. The highest BCUT2D eigenvalue weighted by Gasteiger charge is 2.31. The summed E-state index contributed by atoms with van der Waals surface area (Å²) in [4.78, 5) is 12.8. The van der Waals surface area contributed by atoms with Crippen LogP contribution in [0.4, 0.5) is 5.69 Å². The van der Waals surface area contributed by atoms with Crippen molar-refractivity contribution in [3.63, 3.8) is 0 Å². The molecule has 0 saturated carbocycles. The van der Waals surface area contributed by atoms with Crippen LogP contribution in [0.2, 0.25) is 0 Å². The maximum atomic E-state index is 12.8. The highest BCUT2D eigenvalue weighted by atomic mass is 79.9. The number of carbonyl (C=O) groups excluding carboxylic acids is 1. The topological polar surface area (TPSA) is 29.1 Å². The number of hydrogen-bond donors (Lipinski definition) is 1. The fourth-order valence-electron chi connectivity index (χ4n) is 3.91. The van der Waals surface area contributed by atoms with E-state index in [1.807, 2.05) is 31.2 Å². The molecule has 2 aromatic rings. The molecule has 0 radical (unpaired) electrons. The predicted molar refractivity (Wildman–Crippen MR) is 103 cm³/mol. The van der Waals surface area contributed by atoms with Crippen molar-refractivity contribution < 1.29 is 26.3 Å². The lowest BCUT2D eigenvalue weighted by Crippen LogP contribution is -3.00. The van der Waals surface area contributed by atoms with Crippen LogP contribution in [0.1, 0.15) is 36.8 Å². The summed E-state index contributed by atoms with van der Waals surface area (Å²) < 4.78 is 0.877. The fraction of sp³-hybridized carbons (Fsp3) is 0.409. The maximum Gasteiger partial charge on any atom is 0.279 e. The zero-order valence-corrected chi connectivity index (χ0v) is 17.2. The summed E-state index contributed by atoms with van der Waals surface area (Å²) in [5.74, 6) is 0.132. The van der Waals surface area contributed by atoms with Crippen LogP contribution >= 0.6 is 0 Å². The van der Waals surface area contributed by atoms with Gasteiger partial charge in [0.2, 0.25) is 0 Å². The van der Waals surface area contributed by atoms with Gasteiger partial charge in [0.25, 0.3) is 5.91 Å². The summed E-state index contributed by atoms with van der Waals surface area (Å²) >= 11 is 0. The van der Waals surface area contributed by atoms with Crippen molar-refractivity contribution in [2.45, 2.75) is 39.2 Å². The van der Waals surface area contributed by atoms with Crippen LogP contribution in [0.25, 0.3) is 0 Å². The molecule has 2 aromatic carbocycles. The second-order valence-electron chi connectivity index (χ2n) is 7.37. The maximum absolute atomic E-state index is 12.8. The molecule has 0 aromatic heterocycles. The Morgan fingerprint density at radius 2 is 1.54 bits per heavy atom. The molecule has 4 heteroatoms. The summed E-state index contributed by atoms with van der Waals surface area (Å²) in [5, 5.41) is 3.13. The molecule has 1 amide bonds. The fourth-order valence-corrected chi connectivity index (χ4v) is 3.91. The monoisotopic (exact) mass is 416 g/mol. The number of nitrogens with one attached hydrogen (secondary N) is 1. The molecule has 1 heterocycles. The quantitative estimate of drug-likeness (QED) is 0.735. The number of halogens is 1. The molecule has 1 N–H and O–H groups in total. The van der Waals surface area contributed by atoms with E-state index in [4.69, 9.17) is 0 Å². The number of amides is 1. The van der Waals surface area contributed by atoms with Gasteiger partial charge >= 0.3 is 0 Å². The van der Waals surface area contributed by atoms with Crippen molar-refractivity contribution in [1.29, 1.82) is 0 Å². The lowest BCUT2D eigenvalue weighted by Gasteiger charge is -2.37. The summed E-state index contributed by atoms with van der Waals surface area (Å²) in [6.07, 6.45) is 5.00. The van der Waals surface area contributed by atoms with E-state index in [-0.39, 0.29) is 22.9 Å². The number of para-hydroxylation sites is 1. The van der Waals surface area contributed by atoms with Gasteiger partial charge < -0.3 is 26.8 Å². The van der Waals surface area contributed by atoms with E-state index in [1.54, 1.807) is 0 Å². The second kappa shape index (κ2) is 9.89. The minimum atomic E-state index is 0. The lowest BCUT2D eigenvalue weighted by molar-refractivity contribution is -0.932. The Kier molecular flexibility index (Phi) is 7.85. The van der Waals surface area contributed by atoms with E-state index >= 15 is 0 Å². The molecule has 1 aliphatic rings. The van der Waals surface area contributed by atoms with Gasteiger partial charge in [0.1, 0.15) is 6.54 Å². The number of quaternary nitrogens is 1. The molecule has 140 valence electrons. The number of carbonyl (C=O) groups is 1. The smallest absolute Gasteiger partial charge is 0.279 e. The van der Waals surface area contributed by atoms with Crippen molar-refractivity contribution in [3.05, 3.63) is 65.7 Å². The normalized spacial score (nSPS) is 16.2. The standard InChI is InChI=1S/C22H28N2O.BrH/c1-19-11-7-8-14-21(19)23-22(25)18-24(15-9-2-3-10-16-24)17-20-12-5-4-6-13-20;/h4-8,11-14H,2-3,9-10,15-18H2,1H3;1H. The number of anilines is 1. The molecular formula is C22H29BrN2O. The SMILES string of the molecule is Cc1ccccc1NC(=O)C[N+]1(Cc2ccccc2)CCCCCC1.[Br-]. The summed E-state index contributed by atoms with van der Waals surface area (Å²) in [6.45, 7) is 5.73. The first-order chi connectivity index (χ1) is 12.2. The van der Waals surface area contributed by atoms with E-state index in [0.29, 0.717) is 6.54 Å². The second-order valence-corrected chi connectivity index (χ2v) is 7.37. The molecule has 3 nitrogen and oxygen atoms in total. The molecule has 0 atom stereocenters. The van der Waals surface area contributed by atoms with Gasteiger partial charge in [-0.2, -0.15) is 0 Å². The molecule has 26 heavy (non-hydrogen) atoms. The lowest BCUT2D eigenvalue weighted by atomic mass is 10.1. The van der Waals surface area contributed by atoms with Gasteiger partial charge in [-0.05, 0) is 44.2 Å². The number of rotatable bonds is 5. The van der Waals surface area contributed by atoms with Crippen molar-refractivity contribution >= 4 is 11.6 Å². The van der Waals surface area contributed by atoms with E-state index < -0.39 is 0 Å². The molecule has 3 rings (SSSR count). The van der Waals surface area contributed by atoms with E-state index in [9.17, 15) is 4.79 Å². The first-order valence-corrected chi connectivity index (χ1v) is 9.41. The average Bonchev–Trinajstić information content (AvgIpc) is 2.83. The minimum absolute atomic E-state index is 0. The van der Waals surface area contributed by atoms with Crippen molar-refractivity contribution in [2.75, 3.05) is 25.0 Å². The van der Waals surface area contributed by atoms with Gasteiger partial charge in [-0.1, -0.05) is 48.5 Å². The molecule has 1 aliphatic heterocycles. The number of likely N-dealkylation sites (tertiary alicyclic amines) is 1. The Morgan fingerprint density at radius 3 is 2.19 bits per heavy atom. The van der Waals surface area contributed by atoms with Gasteiger partial charge in [0.05, 0.1) is 13.1 Å². The van der Waals surface area contributed by atoms with Gasteiger partial charge in [0, 0.05) is 11.3 Å². The van der Waals surface area contributed by atoms with Crippen LogP contribution < -0.4 is 22.3 Å². The third kappa shape index (κ3) is 5.68. The zero-order valence-electron chi connectivity index (χ0n) is 15.6. The molecule has 0 spiro atoms. The summed E-state index contributed by atoms with van der Waals surface area (Å²) in [5.41, 5.74) is 3.37. The van der Waals surface area contributed by atoms with Crippen LogP contribution in [0.3, 0.4) is 0 Å². The molecular weight excluding hydrogens is 388 g/mol. The Hall–Kier alpha value is -1.65. The van der Waals surface area contributed by atoms with Crippen molar-refractivity contribution in [2.24, 2.45) is 0 Å². The third-order valence-electron chi connectivity index (χ3n) is 5.27. The van der Waals surface area contributed by atoms with Gasteiger partial charge in [-0.25, -0.2) is 0 Å². The average molecular weight is 417 g/mol. The Labute approximate surface area is 167 Å². The summed E-state index contributed by atoms with van der Waals surface area (Å²) in [7, 11) is 0. The van der Waals surface area contributed by atoms with Gasteiger partial charge in [-0.15, -0.1) is 0 Å². The Bertz CT molecular complexity index is 694. The Morgan fingerprint density at radius 1 is 0.923 bits per heavy atom. The number of benzene rings is 2. The van der Waals surface area contributed by atoms with Crippen LogP contribution in [0.15, 0.2) is 54.6 Å². The summed E-state index contributed by atoms with van der Waals surface area (Å²) in [6, 6.07) is 18.6. The van der Waals surface area contributed by atoms with E-state index in [2.05, 4.69) is 35.6 Å². The number of hydrogen-bond acceptors (Lipinski definition) is 1. The van der Waals surface area contributed by atoms with Crippen LogP contribution in [-0.4, -0.2) is 30.0 Å². The van der Waals surface area contributed by atoms with Crippen molar-refractivity contribution in [1.82, 2.24) is 0 Å². The highest BCUT2D eigenvalue weighted by Crippen LogP contribution is 2.23. The Balaban J connectivity index is 0.00000243. The molecule has 0 aliphatic carbocycles. The molecule has 0 unspecified atom stereocenters. The first kappa shape index (κ1) is 20.7. The van der Waals surface area contributed by atoms with Crippen molar-refractivity contribution in [3.8, 4) is 0 Å². The van der Waals surface area contributed by atoms with Crippen LogP contribution in [0, 0.1) is 6.92 Å². The van der Waals surface area contributed by atoms with Crippen LogP contribution in [-0.2, 0) is 11.3 Å². The molecule has 0 bridgehead atoms. The molecule has 1 fully saturated rings. The minimum Gasteiger partial charge on any atom is -1.00 e. The predicted octanol–water partition coefficient (Wildman–Crippen LogP) is 1.53. The first-order valence-electron chi connectivity index (χ1n) is 9.41. The van der Waals surface area contributed by atoms with Crippen LogP contribution in [0.5, 0.6) is 0 Å². The van der Waals surface area contributed by atoms with E-state index in [0.717, 1.165) is 35.4 Å². The number of nitrogens with zero attached hydrogens (tertiary/aromatic N) is 1. The zero-order chi connectivity index (χ0) is 17.5. The third-order valence-corrected chi connectivity index (χ3v) is 5.27. The largest absolute Gasteiger partial charge is 1.00 e. The van der Waals surface area contributed by atoms with Gasteiger partial charge in [-0.3, -0.25) is 4.79 Å². The van der Waals surface area contributed by atoms with E-state index in [1.165, 1.54) is 31.2 Å². The molecule has 1 saturated heterocycles. The van der Waals surface area contributed by atoms with Gasteiger partial charge in [0.15, 0.2) is 6.54 Å².